The maximum absolute atomic E-state index is 3.81. The van der Waals surface area contributed by atoms with E-state index in [0.29, 0.717) is 0 Å². The summed E-state index contributed by atoms with van der Waals surface area (Å²) in [6.07, 6.45) is 0. The van der Waals surface area contributed by atoms with Crippen LogP contribution >= 0.6 is 0 Å². The number of hydrogen-bond donors (Lipinski definition) is 1. The molecule has 8 aromatic rings. The fourth-order valence-corrected chi connectivity index (χ4v) is 7.28. The van der Waals surface area contributed by atoms with E-state index in [1.54, 1.807) is 0 Å². The van der Waals surface area contributed by atoms with Crippen LogP contribution in [0.5, 0.6) is 0 Å². The van der Waals surface area contributed by atoms with E-state index in [4.69, 9.17) is 0 Å². The van der Waals surface area contributed by atoms with Crippen molar-refractivity contribution in [3.05, 3.63) is 102 Å². The van der Waals surface area contributed by atoms with Gasteiger partial charge in [0.1, 0.15) is 0 Å². The van der Waals surface area contributed by atoms with Crippen LogP contribution in [0.25, 0.3) is 71.0 Å². The quantitative estimate of drug-likeness (QED) is 0.240. The topological polar surface area (TPSA) is 20.2 Å². The van der Waals surface area contributed by atoms with Crippen LogP contribution in [0.3, 0.4) is 0 Å². The largest absolute Gasteiger partial charge is 0.354 e. The highest BCUT2D eigenvalue weighted by molar-refractivity contribution is 6.32. The van der Waals surface area contributed by atoms with Gasteiger partial charge >= 0.3 is 0 Å². The van der Waals surface area contributed by atoms with Crippen molar-refractivity contribution in [2.75, 3.05) is 0 Å². The van der Waals surface area contributed by atoms with Crippen LogP contribution in [0, 0.1) is 0 Å². The Morgan fingerprint density at radius 3 is 2.29 bits per heavy atom. The molecule has 35 heavy (non-hydrogen) atoms. The van der Waals surface area contributed by atoms with Crippen molar-refractivity contribution >= 4 is 59.9 Å². The van der Waals surface area contributed by atoms with Gasteiger partial charge in [-0.05, 0) is 51.9 Å². The zero-order valence-electron chi connectivity index (χ0n) is 19.6. The molecule has 3 aromatic heterocycles. The van der Waals surface area contributed by atoms with Crippen LogP contribution in [0.15, 0.2) is 91.0 Å². The van der Waals surface area contributed by atoms with E-state index in [9.17, 15) is 0 Å². The van der Waals surface area contributed by atoms with Gasteiger partial charge in [0, 0.05) is 43.4 Å². The van der Waals surface area contributed by atoms with Gasteiger partial charge in [-0.1, -0.05) is 80.6 Å². The Labute approximate surface area is 201 Å². The lowest BCUT2D eigenvalue weighted by molar-refractivity contribution is 0.667. The summed E-state index contributed by atoms with van der Waals surface area (Å²) in [5, 5.41) is 8.04. The van der Waals surface area contributed by atoms with Crippen molar-refractivity contribution in [1.82, 2.24) is 9.38 Å². The third-order valence-electron chi connectivity index (χ3n) is 8.61. The monoisotopic (exact) mass is 446 g/mol. The number of aromatic amines is 1. The number of para-hydroxylation sites is 2. The van der Waals surface area contributed by atoms with E-state index in [2.05, 4.69) is 114 Å². The predicted molar refractivity (Wildman–Crippen MR) is 148 cm³/mol. The van der Waals surface area contributed by atoms with E-state index in [0.717, 1.165) is 0 Å². The van der Waals surface area contributed by atoms with E-state index >= 15 is 0 Å². The molecule has 0 bridgehead atoms. The van der Waals surface area contributed by atoms with Crippen molar-refractivity contribution in [3.63, 3.8) is 0 Å². The average molecular weight is 447 g/mol. The number of rotatable bonds is 0. The molecular formula is C33H22N2. The van der Waals surface area contributed by atoms with Gasteiger partial charge in [0.15, 0.2) is 0 Å². The first kappa shape index (κ1) is 18.1. The number of benzene rings is 5. The first-order chi connectivity index (χ1) is 17.1. The summed E-state index contributed by atoms with van der Waals surface area (Å²) in [4.78, 5) is 3.81. The molecule has 164 valence electrons. The molecule has 0 fully saturated rings. The van der Waals surface area contributed by atoms with Gasteiger partial charge in [-0.2, -0.15) is 0 Å². The highest BCUT2D eigenvalue weighted by Gasteiger charge is 2.38. The summed E-state index contributed by atoms with van der Waals surface area (Å²) in [5.41, 5.74) is 11.8. The van der Waals surface area contributed by atoms with Crippen LogP contribution in [0.1, 0.15) is 25.0 Å². The number of aromatic nitrogens is 2. The Balaban J connectivity index is 1.72. The number of H-pyrrole nitrogens is 1. The van der Waals surface area contributed by atoms with Gasteiger partial charge in [-0.15, -0.1) is 0 Å². The number of hydrogen-bond acceptors (Lipinski definition) is 0. The van der Waals surface area contributed by atoms with Crippen LogP contribution in [0.4, 0.5) is 0 Å². The number of fused-ring (bicyclic) bond motifs is 9. The third-order valence-corrected chi connectivity index (χ3v) is 8.61. The second-order valence-electron chi connectivity index (χ2n) is 10.6. The van der Waals surface area contributed by atoms with Crippen molar-refractivity contribution in [2.24, 2.45) is 0 Å². The highest BCUT2D eigenvalue weighted by Crippen LogP contribution is 2.55. The molecule has 0 aliphatic heterocycles. The number of nitrogens with one attached hydrogen (secondary N) is 1. The summed E-state index contributed by atoms with van der Waals surface area (Å²) in [5.74, 6) is 0. The minimum Gasteiger partial charge on any atom is -0.354 e. The maximum atomic E-state index is 3.81. The van der Waals surface area contributed by atoms with Crippen molar-refractivity contribution in [2.45, 2.75) is 19.3 Å². The first-order valence-corrected chi connectivity index (χ1v) is 12.4. The van der Waals surface area contributed by atoms with Crippen molar-refractivity contribution in [3.8, 4) is 11.1 Å². The molecule has 0 atom stereocenters. The molecule has 0 spiro atoms. The van der Waals surface area contributed by atoms with Gasteiger partial charge < -0.3 is 9.38 Å². The molecule has 1 aliphatic carbocycles. The molecule has 2 heteroatoms. The second kappa shape index (κ2) is 5.67. The average Bonchev–Trinajstić information content (AvgIpc) is 3.46. The first-order valence-electron chi connectivity index (χ1n) is 12.4. The Morgan fingerprint density at radius 2 is 1.34 bits per heavy atom. The molecule has 0 saturated heterocycles. The molecule has 0 unspecified atom stereocenters. The minimum absolute atomic E-state index is 0.0860. The van der Waals surface area contributed by atoms with Crippen molar-refractivity contribution < 1.29 is 0 Å². The van der Waals surface area contributed by atoms with E-state index in [1.165, 1.54) is 82.2 Å². The van der Waals surface area contributed by atoms with Gasteiger partial charge in [0.25, 0.3) is 0 Å². The molecule has 0 radical (unpaired) electrons. The zero-order chi connectivity index (χ0) is 23.1. The van der Waals surface area contributed by atoms with Gasteiger partial charge in [-0.3, -0.25) is 0 Å². The van der Waals surface area contributed by atoms with Gasteiger partial charge in [0.2, 0.25) is 0 Å². The zero-order valence-corrected chi connectivity index (χ0v) is 19.6. The Morgan fingerprint density at radius 1 is 0.600 bits per heavy atom. The standard InChI is InChI=1S/C33H22N2/c1-33(2)23-13-5-3-9-18(23)22-17-25-30-28(31(22)33)21-12-7-11-20-19-10-4-6-15-26(19)35(32(20)21)27-16-8-14-24(34-25)29(27)30/h3-17,34H,1-2H3. The van der Waals surface area contributed by atoms with Crippen molar-refractivity contribution in [1.29, 1.82) is 0 Å². The molecule has 1 N–H and O–H groups in total. The second-order valence-corrected chi connectivity index (χ2v) is 10.6. The number of nitrogens with zero attached hydrogens (tertiary/aromatic N) is 1. The molecule has 0 amide bonds. The van der Waals surface area contributed by atoms with Crippen LogP contribution in [-0.2, 0) is 5.41 Å². The van der Waals surface area contributed by atoms with E-state index < -0.39 is 0 Å². The van der Waals surface area contributed by atoms with E-state index in [1.807, 2.05) is 0 Å². The third kappa shape index (κ3) is 1.89. The predicted octanol–water partition coefficient (Wildman–Crippen LogP) is 8.78. The lowest BCUT2D eigenvalue weighted by atomic mass is 9.79. The minimum atomic E-state index is -0.0860. The Bertz CT molecular complexity index is 2190. The fraction of sp³-hybridized carbons (Fsp3) is 0.0909. The Hall–Kier alpha value is -4.30. The highest BCUT2D eigenvalue weighted by atomic mass is 14.9. The summed E-state index contributed by atoms with van der Waals surface area (Å²) >= 11 is 0. The normalized spacial score (nSPS) is 14.8. The van der Waals surface area contributed by atoms with Gasteiger partial charge in [-0.25, -0.2) is 0 Å². The maximum Gasteiger partial charge on any atom is 0.0620 e. The fourth-order valence-electron chi connectivity index (χ4n) is 7.28. The lowest BCUT2D eigenvalue weighted by Gasteiger charge is -2.23. The summed E-state index contributed by atoms with van der Waals surface area (Å²) in [7, 11) is 0. The molecule has 5 aromatic carbocycles. The van der Waals surface area contributed by atoms with Crippen LogP contribution < -0.4 is 0 Å². The molecule has 3 heterocycles. The molecule has 1 aliphatic rings. The molecule has 2 nitrogen and oxygen atoms in total. The molecular weight excluding hydrogens is 424 g/mol. The lowest BCUT2D eigenvalue weighted by Crippen LogP contribution is -2.15. The van der Waals surface area contributed by atoms with Gasteiger partial charge in [0.05, 0.1) is 16.6 Å². The molecule has 0 saturated carbocycles. The summed E-state index contributed by atoms with van der Waals surface area (Å²) in [6.45, 7) is 4.80. The smallest absolute Gasteiger partial charge is 0.0620 e. The Kier molecular flexibility index (Phi) is 2.93. The van der Waals surface area contributed by atoms with E-state index in [-0.39, 0.29) is 5.41 Å². The molecule has 9 rings (SSSR count). The SMILES string of the molecule is CC1(C)c2ccccc2-c2cc3[nH]c4cccc5c4c3c(c21)c1cccc2c3ccccc3n5c21. The van der Waals surface area contributed by atoms with Crippen LogP contribution in [0.2, 0.25) is 0 Å². The summed E-state index contributed by atoms with van der Waals surface area (Å²) < 4.78 is 2.51. The van der Waals surface area contributed by atoms with Crippen LogP contribution in [-0.4, -0.2) is 9.38 Å². The summed E-state index contributed by atoms with van der Waals surface area (Å²) in [6, 6.07) is 33.8.